The number of carbonyl (C=O) groups is 2. The molecular weight excluding hydrogens is 506 g/mol. The number of nitrogens with zero attached hydrogens (tertiary/aromatic N) is 3. The zero-order valence-corrected chi connectivity index (χ0v) is 23.9. The Morgan fingerprint density at radius 2 is 1.57 bits per heavy atom. The molecule has 0 aromatic heterocycles. The fraction of sp³-hybridized carbons (Fsp3) is 0.323. The molecule has 0 saturated heterocycles. The van der Waals surface area contributed by atoms with Crippen LogP contribution in [0.5, 0.6) is 11.5 Å². The summed E-state index contributed by atoms with van der Waals surface area (Å²) in [5.41, 5.74) is 5.44. The molecule has 0 saturated carbocycles. The van der Waals surface area contributed by atoms with Crippen LogP contribution in [0.4, 0.5) is 5.69 Å². The molecule has 0 fully saturated rings. The minimum absolute atomic E-state index is 0.229. The van der Waals surface area contributed by atoms with Crippen molar-refractivity contribution in [2.24, 2.45) is 5.10 Å². The number of likely N-dealkylation sites (N-methyl/N-ethyl adjacent to an activating group) is 2. The lowest BCUT2D eigenvalue weighted by molar-refractivity contribution is 0.0955. The molecule has 2 N–H and O–H groups in total. The third-order valence-corrected chi connectivity index (χ3v) is 6.55. The van der Waals surface area contributed by atoms with Gasteiger partial charge in [0.1, 0.15) is 11.5 Å². The molecule has 9 nitrogen and oxygen atoms in total. The number of hydrazone groups is 1. The molecule has 0 aliphatic carbocycles. The topological polar surface area (TPSA) is 95.5 Å². The Balaban J connectivity index is 1.69. The molecule has 3 aromatic carbocycles. The van der Waals surface area contributed by atoms with E-state index < -0.39 is 5.91 Å². The summed E-state index contributed by atoms with van der Waals surface area (Å²) in [5.74, 6) is 0.416. The van der Waals surface area contributed by atoms with E-state index in [1.807, 2.05) is 30.3 Å². The monoisotopic (exact) mass is 545 g/mol. The van der Waals surface area contributed by atoms with Gasteiger partial charge in [0, 0.05) is 25.2 Å². The Bertz CT molecular complexity index is 1290. The van der Waals surface area contributed by atoms with Crippen LogP contribution in [-0.4, -0.2) is 75.3 Å². The summed E-state index contributed by atoms with van der Waals surface area (Å²) >= 11 is 0. The van der Waals surface area contributed by atoms with Gasteiger partial charge in [-0.1, -0.05) is 26.0 Å². The van der Waals surface area contributed by atoms with Crippen molar-refractivity contribution in [2.75, 3.05) is 52.8 Å². The maximum atomic E-state index is 13.2. The average Bonchev–Trinajstić information content (AvgIpc) is 2.98. The first-order valence-electron chi connectivity index (χ1n) is 13.3. The zero-order chi connectivity index (χ0) is 28.9. The molecule has 3 rings (SSSR count). The van der Waals surface area contributed by atoms with Gasteiger partial charge in [0.25, 0.3) is 11.8 Å². The number of rotatable bonds is 14. The van der Waals surface area contributed by atoms with Gasteiger partial charge >= 0.3 is 0 Å². The van der Waals surface area contributed by atoms with Crippen LogP contribution < -0.4 is 20.2 Å². The van der Waals surface area contributed by atoms with E-state index in [4.69, 9.17) is 9.47 Å². The van der Waals surface area contributed by atoms with E-state index in [2.05, 4.69) is 46.5 Å². The first kappa shape index (κ1) is 30.3. The number of hydrogen-bond donors (Lipinski definition) is 2. The maximum absolute atomic E-state index is 13.2. The smallest absolute Gasteiger partial charge is 0.273 e. The molecular formula is C31H39N5O4. The molecule has 0 aliphatic rings. The van der Waals surface area contributed by atoms with Crippen LogP contribution >= 0.6 is 0 Å². The van der Waals surface area contributed by atoms with E-state index >= 15 is 0 Å². The fourth-order valence-electron chi connectivity index (χ4n) is 4.11. The first-order chi connectivity index (χ1) is 19.4. The van der Waals surface area contributed by atoms with E-state index in [1.54, 1.807) is 43.5 Å². The van der Waals surface area contributed by atoms with Gasteiger partial charge in [-0.3, -0.25) is 9.59 Å². The van der Waals surface area contributed by atoms with Gasteiger partial charge in [-0.05, 0) is 85.9 Å². The molecule has 0 spiro atoms. The van der Waals surface area contributed by atoms with E-state index in [0.717, 1.165) is 49.6 Å². The summed E-state index contributed by atoms with van der Waals surface area (Å²) in [5, 5.41) is 6.93. The van der Waals surface area contributed by atoms with Crippen molar-refractivity contribution in [3.05, 3.63) is 89.0 Å². The van der Waals surface area contributed by atoms with E-state index in [9.17, 15) is 9.59 Å². The van der Waals surface area contributed by atoms with E-state index in [0.29, 0.717) is 17.0 Å². The fourth-order valence-corrected chi connectivity index (χ4v) is 4.11. The van der Waals surface area contributed by atoms with Crippen molar-refractivity contribution in [1.82, 2.24) is 15.2 Å². The molecule has 0 bridgehead atoms. The molecule has 0 unspecified atom stereocenters. The standard InChI is InChI=1S/C31H39N5O4/c1-6-36(7-2)18-17-35(3)22-24-9-8-10-25(19-24)30(37)33-29-16-15-27(40-5)20-28(29)31(38)34-32-21-23-11-13-26(39-4)14-12-23/h8-16,19-21H,6-7,17-18,22H2,1-5H3,(H,33,37)(H,34,38)/b32-21+. The number of hydrogen-bond acceptors (Lipinski definition) is 7. The highest BCUT2D eigenvalue weighted by Gasteiger charge is 2.16. The summed E-state index contributed by atoms with van der Waals surface area (Å²) in [4.78, 5) is 30.8. The van der Waals surface area contributed by atoms with Gasteiger partial charge in [0.05, 0.1) is 31.7 Å². The molecule has 0 atom stereocenters. The summed E-state index contributed by atoms with van der Waals surface area (Å²) in [6.45, 7) is 9.05. The number of amides is 2. The van der Waals surface area contributed by atoms with Gasteiger partial charge in [-0.2, -0.15) is 5.10 Å². The number of carbonyl (C=O) groups excluding carboxylic acids is 2. The number of ether oxygens (including phenoxy) is 2. The zero-order valence-electron chi connectivity index (χ0n) is 23.9. The quantitative estimate of drug-likeness (QED) is 0.229. The van der Waals surface area contributed by atoms with Crippen LogP contribution in [0, 0.1) is 0 Å². The SMILES string of the molecule is CCN(CC)CCN(C)Cc1cccc(C(=O)Nc2ccc(OC)cc2C(=O)N/N=C/c2ccc(OC)cc2)c1. The number of methoxy groups -OCH3 is 2. The highest BCUT2D eigenvalue weighted by molar-refractivity contribution is 6.09. The number of nitrogens with one attached hydrogen (secondary N) is 2. The second kappa shape index (κ2) is 15.4. The van der Waals surface area contributed by atoms with Crippen LogP contribution in [0.25, 0.3) is 0 Å². The average molecular weight is 546 g/mol. The number of anilines is 1. The third kappa shape index (κ3) is 8.93. The van der Waals surface area contributed by atoms with Gasteiger partial charge < -0.3 is 24.6 Å². The van der Waals surface area contributed by atoms with Crippen LogP contribution in [0.15, 0.2) is 71.8 Å². The molecule has 0 radical (unpaired) electrons. The van der Waals surface area contributed by atoms with Crippen LogP contribution in [0.3, 0.4) is 0 Å². The Kier molecular flexibility index (Phi) is 11.7. The predicted molar refractivity (Wildman–Crippen MR) is 160 cm³/mol. The van der Waals surface area contributed by atoms with Crippen LogP contribution in [0.2, 0.25) is 0 Å². The van der Waals surface area contributed by atoms with Crippen molar-refractivity contribution in [2.45, 2.75) is 20.4 Å². The first-order valence-corrected chi connectivity index (χ1v) is 13.3. The molecule has 3 aromatic rings. The minimum Gasteiger partial charge on any atom is -0.497 e. The van der Waals surface area contributed by atoms with Crippen molar-refractivity contribution in [3.8, 4) is 11.5 Å². The Hall–Kier alpha value is -4.21. The van der Waals surface area contributed by atoms with Crippen molar-refractivity contribution in [1.29, 1.82) is 0 Å². The lowest BCUT2D eigenvalue weighted by Crippen LogP contribution is -2.32. The van der Waals surface area contributed by atoms with Gasteiger partial charge in [-0.25, -0.2) is 5.43 Å². The number of benzene rings is 3. The molecule has 212 valence electrons. The van der Waals surface area contributed by atoms with Gasteiger partial charge in [0.15, 0.2) is 0 Å². The van der Waals surface area contributed by atoms with Crippen molar-refractivity contribution in [3.63, 3.8) is 0 Å². The molecule has 9 heteroatoms. The second-order valence-corrected chi connectivity index (χ2v) is 9.30. The highest BCUT2D eigenvalue weighted by Crippen LogP contribution is 2.23. The summed E-state index contributed by atoms with van der Waals surface area (Å²) in [6, 6.07) is 19.7. The molecule has 40 heavy (non-hydrogen) atoms. The predicted octanol–water partition coefficient (Wildman–Crippen LogP) is 4.49. The van der Waals surface area contributed by atoms with Crippen LogP contribution in [-0.2, 0) is 6.54 Å². The minimum atomic E-state index is -0.484. The van der Waals surface area contributed by atoms with Crippen molar-refractivity contribution < 1.29 is 19.1 Å². The van der Waals surface area contributed by atoms with E-state index in [-0.39, 0.29) is 11.5 Å². The van der Waals surface area contributed by atoms with E-state index in [1.165, 1.54) is 13.3 Å². The van der Waals surface area contributed by atoms with Gasteiger partial charge in [-0.15, -0.1) is 0 Å². The Morgan fingerprint density at radius 1 is 0.875 bits per heavy atom. The van der Waals surface area contributed by atoms with Gasteiger partial charge in [0.2, 0.25) is 0 Å². The highest BCUT2D eigenvalue weighted by atomic mass is 16.5. The summed E-state index contributed by atoms with van der Waals surface area (Å²) < 4.78 is 10.4. The lowest BCUT2D eigenvalue weighted by atomic mass is 10.1. The largest absolute Gasteiger partial charge is 0.497 e. The maximum Gasteiger partial charge on any atom is 0.273 e. The second-order valence-electron chi connectivity index (χ2n) is 9.30. The lowest BCUT2D eigenvalue weighted by Gasteiger charge is -2.23. The Morgan fingerprint density at radius 3 is 2.25 bits per heavy atom. The normalized spacial score (nSPS) is 11.2. The molecule has 2 amide bonds. The summed E-state index contributed by atoms with van der Waals surface area (Å²) in [7, 11) is 5.19. The molecule has 0 aliphatic heterocycles. The van der Waals surface area contributed by atoms with Crippen LogP contribution in [0.1, 0.15) is 45.7 Å². The Labute approximate surface area is 236 Å². The van der Waals surface area contributed by atoms with Crippen molar-refractivity contribution >= 4 is 23.7 Å². The summed E-state index contributed by atoms with van der Waals surface area (Å²) in [6.07, 6.45) is 1.53. The third-order valence-electron chi connectivity index (χ3n) is 6.55. The molecule has 0 heterocycles.